The third-order valence-corrected chi connectivity index (χ3v) is 3.11. The van der Waals surface area contributed by atoms with Gasteiger partial charge >= 0.3 is 0 Å². The van der Waals surface area contributed by atoms with E-state index in [4.69, 9.17) is 5.41 Å². The molecule has 0 heterocycles. The Hall–Kier alpha value is -1.44. The van der Waals surface area contributed by atoms with Crippen LogP contribution in [0.4, 0.5) is 0 Å². The van der Waals surface area contributed by atoms with E-state index in [0.717, 1.165) is 16.7 Å². The summed E-state index contributed by atoms with van der Waals surface area (Å²) < 4.78 is 0. The smallest absolute Gasteiger partial charge is 0.186 e. The Morgan fingerprint density at radius 1 is 1.00 bits per heavy atom. The minimum atomic E-state index is -0.184. The molecule has 0 aromatic carbocycles. The van der Waals surface area contributed by atoms with E-state index in [0.29, 0.717) is 5.71 Å². The van der Waals surface area contributed by atoms with E-state index < -0.39 is 0 Å². The third kappa shape index (κ3) is 3.76. The Kier molecular flexibility index (Phi) is 4.04. The molecule has 0 radical (unpaired) electrons. The lowest BCUT2D eigenvalue weighted by molar-refractivity contribution is -0.114. The van der Waals surface area contributed by atoms with Crippen molar-refractivity contribution in [2.24, 2.45) is 10.8 Å². The summed E-state index contributed by atoms with van der Waals surface area (Å²) in [6.45, 7) is 14.1. The van der Waals surface area contributed by atoms with Crippen molar-refractivity contribution in [2.75, 3.05) is 0 Å². The molecule has 1 aliphatic rings. The zero-order chi connectivity index (χ0) is 15.0. The van der Waals surface area contributed by atoms with E-state index in [9.17, 15) is 4.79 Å². The topological polar surface area (TPSA) is 40.9 Å². The van der Waals surface area contributed by atoms with Crippen LogP contribution in [0.3, 0.4) is 0 Å². The van der Waals surface area contributed by atoms with Gasteiger partial charge in [-0.3, -0.25) is 4.79 Å². The molecule has 0 aromatic rings. The number of Topliss-reactive ketones (excluding diaryl/α,β-unsaturated/α-hetero) is 1. The maximum Gasteiger partial charge on any atom is 0.186 e. The van der Waals surface area contributed by atoms with Gasteiger partial charge in [0.05, 0.1) is 0 Å². The summed E-state index contributed by atoms with van der Waals surface area (Å²) in [5, 5.41) is 7.60. The quantitative estimate of drug-likeness (QED) is 0.693. The highest BCUT2D eigenvalue weighted by molar-refractivity contribution is 6.12. The van der Waals surface area contributed by atoms with Crippen molar-refractivity contribution in [3.63, 3.8) is 0 Å². The van der Waals surface area contributed by atoms with Crippen LogP contribution in [0.5, 0.6) is 0 Å². The molecular weight excluding hydrogens is 234 g/mol. The van der Waals surface area contributed by atoms with Crippen molar-refractivity contribution in [3.8, 4) is 0 Å². The second-order valence-electron chi connectivity index (χ2n) is 7.27. The van der Waals surface area contributed by atoms with Crippen molar-refractivity contribution in [1.29, 1.82) is 5.41 Å². The summed E-state index contributed by atoms with van der Waals surface area (Å²) in [4.78, 5) is 12.6. The predicted molar refractivity (Wildman–Crippen MR) is 81.6 cm³/mol. The minimum absolute atomic E-state index is 0.139. The van der Waals surface area contributed by atoms with Gasteiger partial charge in [0.1, 0.15) is 0 Å². The van der Waals surface area contributed by atoms with Crippen LogP contribution in [-0.4, -0.2) is 11.5 Å². The second-order valence-corrected chi connectivity index (χ2v) is 7.27. The van der Waals surface area contributed by atoms with Crippen LogP contribution in [0.25, 0.3) is 0 Å². The average Bonchev–Trinajstić information content (AvgIpc) is 2.16. The van der Waals surface area contributed by atoms with Crippen LogP contribution in [-0.2, 0) is 4.79 Å². The molecule has 1 aliphatic carbocycles. The fourth-order valence-corrected chi connectivity index (χ4v) is 2.10. The van der Waals surface area contributed by atoms with Crippen LogP contribution >= 0.6 is 0 Å². The lowest BCUT2D eigenvalue weighted by Gasteiger charge is -2.31. The fourth-order valence-electron chi connectivity index (χ4n) is 2.10. The van der Waals surface area contributed by atoms with Gasteiger partial charge < -0.3 is 5.41 Å². The van der Waals surface area contributed by atoms with E-state index in [1.165, 1.54) is 0 Å². The summed E-state index contributed by atoms with van der Waals surface area (Å²) in [6.07, 6.45) is 5.66. The van der Waals surface area contributed by atoms with Gasteiger partial charge in [-0.2, -0.15) is 0 Å². The lowest BCUT2D eigenvalue weighted by atomic mass is 9.72. The first-order valence-electron chi connectivity index (χ1n) is 6.69. The third-order valence-electron chi connectivity index (χ3n) is 3.11. The molecule has 2 nitrogen and oxygen atoms in total. The van der Waals surface area contributed by atoms with Gasteiger partial charge in [-0.25, -0.2) is 0 Å². The number of carbonyl (C=O) groups is 1. The van der Waals surface area contributed by atoms with Crippen LogP contribution in [0, 0.1) is 16.2 Å². The summed E-state index contributed by atoms with van der Waals surface area (Å²) >= 11 is 0. The molecule has 0 saturated heterocycles. The minimum Gasteiger partial charge on any atom is -0.306 e. The van der Waals surface area contributed by atoms with Gasteiger partial charge in [0.25, 0.3) is 0 Å². The van der Waals surface area contributed by atoms with Crippen LogP contribution in [0.15, 0.2) is 34.9 Å². The number of carbonyl (C=O) groups excluding carboxylic acids is 1. The van der Waals surface area contributed by atoms with E-state index in [2.05, 4.69) is 41.5 Å². The zero-order valence-electron chi connectivity index (χ0n) is 13.1. The van der Waals surface area contributed by atoms with Crippen LogP contribution < -0.4 is 0 Å². The van der Waals surface area contributed by atoms with Gasteiger partial charge in [0, 0.05) is 16.9 Å². The highest BCUT2D eigenvalue weighted by Crippen LogP contribution is 2.38. The lowest BCUT2D eigenvalue weighted by Crippen LogP contribution is -2.28. The molecule has 0 aliphatic heterocycles. The van der Waals surface area contributed by atoms with E-state index in [1.807, 2.05) is 18.2 Å². The molecule has 0 saturated carbocycles. The van der Waals surface area contributed by atoms with Crippen molar-refractivity contribution in [3.05, 3.63) is 34.9 Å². The van der Waals surface area contributed by atoms with E-state index >= 15 is 0 Å². The SMILES string of the molecule is CC(=N)C=C1C=C(C(C)(C)C)C(=O)C(C(C)(C)C)=C1. The maximum atomic E-state index is 12.6. The molecule has 104 valence electrons. The molecule has 19 heavy (non-hydrogen) atoms. The van der Waals surface area contributed by atoms with Gasteiger partial charge in [0.15, 0.2) is 5.78 Å². The Labute approximate surface area is 116 Å². The summed E-state index contributed by atoms with van der Waals surface area (Å²) in [5.74, 6) is 0.139. The second kappa shape index (κ2) is 4.92. The largest absolute Gasteiger partial charge is 0.306 e. The van der Waals surface area contributed by atoms with Gasteiger partial charge in [-0.05, 0) is 41.6 Å². The number of allylic oxidation sites excluding steroid dienone is 6. The first-order chi connectivity index (χ1) is 8.43. The molecule has 0 unspecified atom stereocenters. The molecule has 0 spiro atoms. The maximum absolute atomic E-state index is 12.6. The first kappa shape index (κ1) is 15.6. The molecule has 0 fully saturated rings. The number of hydrogen-bond acceptors (Lipinski definition) is 2. The van der Waals surface area contributed by atoms with Crippen molar-refractivity contribution < 1.29 is 4.79 Å². The molecule has 0 aromatic heterocycles. The first-order valence-corrected chi connectivity index (χ1v) is 6.69. The Bertz CT molecular complexity index is 466. The number of nitrogens with one attached hydrogen (secondary N) is 1. The van der Waals surface area contributed by atoms with Gasteiger partial charge in [-0.15, -0.1) is 0 Å². The fraction of sp³-hybridized carbons (Fsp3) is 0.529. The van der Waals surface area contributed by atoms with Crippen molar-refractivity contribution >= 4 is 11.5 Å². The molecule has 0 atom stereocenters. The van der Waals surface area contributed by atoms with Crippen LogP contribution in [0.1, 0.15) is 48.5 Å². The standard InChI is InChI=1S/C17H25NO/c1-11(18)8-12-9-13(16(2,3)4)15(19)14(10-12)17(5,6)7/h8-10,18H,1-7H3. The Morgan fingerprint density at radius 3 is 1.63 bits per heavy atom. The molecule has 1 rings (SSSR count). The molecule has 1 N–H and O–H groups in total. The summed E-state index contributed by atoms with van der Waals surface area (Å²) in [7, 11) is 0. The summed E-state index contributed by atoms with van der Waals surface area (Å²) in [5.41, 5.74) is 2.73. The number of ketones is 1. The number of hydrogen-bond donors (Lipinski definition) is 1. The zero-order valence-corrected chi connectivity index (χ0v) is 13.1. The highest BCUT2D eigenvalue weighted by Gasteiger charge is 2.33. The molecular formula is C17H25NO. The Balaban J connectivity index is 3.43. The Morgan fingerprint density at radius 2 is 1.37 bits per heavy atom. The molecule has 0 bridgehead atoms. The van der Waals surface area contributed by atoms with Gasteiger partial charge in [0.2, 0.25) is 0 Å². The summed E-state index contributed by atoms with van der Waals surface area (Å²) in [6, 6.07) is 0. The predicted octanol–water partition coefficient (Wildman–Crippen LogP) is 4.48. The van der Waals surface area contributed by atoms with E-state index in [1.54, 1.807) is 6.92 Å². The van der Waals surface area contributed by atoms with Crippen molar-refractivity contribution in [2.45, 2.75) is 48.5 Å². The monoisotopic (exact) mass is 259 g/mol. The molecule has 0 amide bonds. The normalized spacial score (nSPS) is 17.0. The van der Waals surface area contributed by atoms with E-state index in [-0.39, 0.29) is 16.6 Å². The number of rotatable bonds is 1. The highest BCUT2D eigenvalue weighted by atomic mass is 16.1. The molecule has 2 heteroatoms. The van der Waals surface area contributed by atoms with Crippen molar-refractivity contribution in [1.82, 2.24) is 0 Å². The van der Waals surface area contributed by atoms with Gasteiger partial charge in [-0.1, -0.05) is 41.5 Å². The average molecular weight is 259 g/mol. The van der Waals surface area contributed by atoms with Crippen LogP contribution in [0.2, 0.25) is 0 Å².